The van der Waals surface area contributed by atoms with Gasteiger partial charge in [-0.25, -0.2) is 0 Å². The molecule has 0 spiro atoms. The summed E-state index contributed by atoms with van der Waals surface area (Å²) in [5.74, 6) is 0.0735. The van der Waals surface area contributed by atoms with Crippen LogP contribution in [0, 0.1) is 19.8 Å². The maximum absolute atomic E-state index is 12.4. The number of aliphatic hydroxyl groups is 1. The summed E-state index contributed by atoms with van der Waals surface area (Å²) >= 11 is 0. The summed E-state index contributed by atoms with van der Waals surface area (Å²) in [6.45, 7) is 4.33. The van der Waals surface area contributed by atoms with Crippen LogP contribution in [0.2, 0.25) is 0 Å². The fourth-order valence-corrected chi connectivity index (χ4v) is 3.88. The van der Waals surface area contributed by atoms with Crippen LogP contribution < -0.4 is 10.9 Å². The fraction of sp³-hybridized carbons (Fsp3) is 0.611. The number of aryl methyl sites for hydroxylation is 3. The molecule has 1 amide bonds. The minimum absolute atomic E-state index is 0.0825. The zero-order chi connectivity index (χ0) is 18.1. The van der Waals surface area contributed by atoms with Crippen molar-refractivity contribution in [2.75, 3.05) is 6.54 Å². The normalized spacial score (nSPS) is 20.3. The number of aromatic nitrogens is 3. The summed E-state index contributed by atoms with van der Waals surface area (Å²) in [7, 11) is 1.80. The van der Waals surface area contributed by atoms with Crippen LogP contribution in [0.15, 0.2) is 4.79 Å². The second-order valence-corrected chi connectivity index (χ2v) is 7.05. The van der Waals surface area contributed by atoms with Crippen LogP contribution in [0.4, 0.5) is 0 Å². The molecule has 1 saturated carbocycles. The van der Waals surface area contributed by atoms with Gasteiger partial charge in [-0.05, 0) is 38.7 Å². The monoisotopic (exact) mass is 346 g/mol. The van der Waals surface area contributed by atoms with Gasteiger partial charge in [-0.1, -0.05) is 6.42 Å². The number of fused-ring (bicyclic) bond motifs is 1. The lowest BCUT2D eigenvalue weighted by Gasteiger charge is -2.15. The Morgan fingerprint density at radius 2 is 2.16 bits per heavy atom. The van der Waals surface area contributed by atoms with Crippen molar-refractivity contribution in [3.63, 3.8) is 0 Å². The Kier molecular flexibility index (Phi) is 4.94. The lowest BCUT2D eigenvalue weighted by molar-refractivity contribution is -0.121. The van der Waals surface area contributed by atoms with Gasteiger partial charge in [0.15, 0.2) is 0 Å². The van der Waals surface area contributed by atoms with Gasteiger partial charge in [-0.3, -0.25) is 14.3 Å². The van der Waals surface area contributed by atoms with Crippen LogP contribution >= 0.6 is 0 Å². The molecule has 3 N–H and O–H groups in total. The van der Waals surface area contributed by atoms with Gasteiger partial charge in [0.2, 0.25) is 5.91 Å². The van der Waals surface area contributed by atoms with Crippen LogP contribution in [0.25, 0.3) is 11.0 Å². The molecule has 7 nitrogen and oxygen atoms in total. The van der Waals surface area contributed by atoms with Gasteiger partial charge in [-0.2, -0.15) is 5.10 Å². The molecule has 2 heterocycles. The summed E-state index contributed by atoms with van der Waals surface area (Å²) in [6, 6.07) is 0. The molecule has 3 rings (SSSR count). The fourth-order valence-electron chi connectivity index (χ4n) is 3.88. The summed E-state index contributed by atoms with van der Waals surface area (Å²) in [4.78, 5) is 27.4. The summed E-state index contributed by atoms with van der Waals surface area (Å²) in [6.07, 6.45) is 3.14. The Labute approximate surface area is 146 Å². The number of carbonyl (C=O) groups excluding carboxylic acids is 1. The van der Waals surface area contributed by atoms with E-state index in [1.54, 1.807) is 11.7 Å². The van der Waals surface area contributed by atoms with Crippen molar-refractivity contribution in [1.82, 2.24) is 20.1 Å². The number of carbonyl (C=O) groups is 1. The van der Waals surface area contributed by atoms with Gasteiger partial charge in [0, 0.05) is 36.9 Å². The number of aromatic amines is 1. The summed E-state index contributed by atoms with van der Waals surface area (Å²) < 4.78 is 1.67. The number of aliphatic hydroxyl groups excluding tert-OH is 1. The van der Waals surface area contributed by atoms with E-state index < -0.39 is 0 Å². The van der Waals surface area contributed by atoms with Gasteiger partial charge >= 0.3 is 0 Å². The molecule has 0 aromatic carbocycles. The minimum atomic E-state index is -0.304. The molecule has 1 fully saturated rings. The number of pyridine rings is 1. The van der Waals surface area contributed by atoms with Crippen molar-refractivity contribution in [3.05, 3.63) is 27.2 Å². The molecular weight excluding hydrogens is 320 g/mol. The number of H-pyrrole nitrogens is 1. The van der Waals surface area contributed by atoms with Crippen LogP contribution in [0.1, 0.15) is 42.5 Å². The van der Waals surface area contributed by atoms with E-state index in [9.17, 15) is 14.7 Å². The number of amides is 1. The first-order chi connectivity index (χ1) is 11.9. The largest absolute Gasteiger partial charge is 0.393 e. The quantitative estimate of drug-likeness (QED) is 0.754. The standard InChI is InChI=1S/C18H26N4O3/c1-10-13(18(25)20-17-16(10)11(2)21-22(17)3)7-8-15(24)19-9-12-5-4-6-14(12)23/h12,14,23H,4-9H2,1-3H3,(H,19,24)(H,20,25). The Balaban J connectivity index is 1.67. The van der Waals surface area contributed by atoms with E-state index in [4.69, 9.17) is 0 Å². The van der Waals surface area contributed by atoms with Crippen molar-refractivity contribution in [2.24, 2.45) is 13.0 Å². The third kappa shape index (κ3) is 3.46. The third-order valence-corrected chi connectivity index (χ3v) is 5.34. The van der Waals surface area contributed by atoms with Crippen molar-refractivity contribution < 1.29 is 9.90 Å². The second-order valence-electron chi connectivity index (χ2n) is 7.05. The van der Waals surface area contributed by atoms with Crippen LogP contribution in [0.5, 0.6) is 0 Å². The van der Waals surface area contributed by atoms with Gasteiger partial charge < -0.3 is 15.4 Å². The summed E-state index contributed by atoms with van der Waals surface area (Å²) in [5, 5.41) is 18.0. The smallest absolute Gasteiger partial charge is 0.253 e. The molecular formula is C18H26N4O3. The lowest BCUT2D eigenvalue weighted by Crippen LogP contribution is -2.32. The highest BCUT2D eigenvalue weighted by molar-refractivity contribution is 5.83. The van der Waals surface area contributed by atoms with Crippen molar-refractivity contribution in [3.8, 4) is 0 Å². The molecule has 1 aliphatic carbocycles. The summed E-state index contributed by atoms with van der Waals surface area (Å²) in [5.41, 5.74) is 2.95. The zero-order valence-corrected chi connectivity index (χ0v) is 15.1. The Hall–Kier alpha value is -2.15. The maximum Gasteiger partial charge on any atom is 0.253 e. The zero-order valence-electron chi connectivity index (χ0n) is 15.1. The average Bonchev–Trinajstić information content (AvgIpc) is 3.08. The van der Waals surface area contributed by atoms with E-state index in [2.05, 4.69) is 15.4 Å². The molecule has 7 heteroatoms. The number of nitrogens with one attached hydrogen (secondary N) is 2. The van der Waals surface area contributed by atoms with Crippen molar-refractivity contribution >= 4 is 16.9 Å². The first kappa shape index (κ1) is 17.7. The molecule has 2 aromatic rings. The molecule has 25 heavy (non-hydrogen) atoms. The first-order valence-corrected chi connectivity index (χ1v) is 8.88. The highest BCUT2D eigenvalue weighted by Gasteiger charge is 2.25. The number of hydrogen-bond donors (Lipinski definition) is 3. The predicted octanol–water partition coefficient (Wildman–Crippen LogP) is 1.09. The number of rotatable bonds is 5. The Morgan fingerprint density at radius 3 is 2.84 bits per heavy atom. The van der Waals surface area contributed by atoms with Crippen LogP contribution in [0.3, 0.4) is 0 Å². The molecule has 0 saturated heterocycles. The predicted molar refractivity (Wildman–Crippen MR) is 95.5 cm³/mol. The Morgan fingerprint density at radius 1 is 1.40 bits per heavy atom. The number of hydrogen-bond acceptors (Lipinski definition) is 4. The van der Waals surface area contributed by atoms with E-state index in [-0.39, 0.29) is 29.9 Å². The molecule has 136 valence electrons. The van der Waals surface area contributed by atoms with Gasteiger partial charge in [0.05, 0.1) is 11.8 Å². The van der Waals surface area contributed by atoms with Crippen LogP contribution in [-0.4, -0.2) is 38.4 Å². The molecule has 0 radical (unpaired) electrons. The average molecular weight is 346 g/mol. The van der Waals surface area contributed by atoms with Gasteiger partial charge in [0.1, 0.15) is 5.65 Å². The number of nitrogens with zero attached hydrogens (tertiary/aromatic N) is 2. The highest BCUT2D eigenvalue weighted by Crippen LogP contribution is 2.24. The SMILES string of the molecule is Cc1nn(C)c2[nH]c(=O)c(CCC(=O)NCC3CCCC3O)c(C)c12. The molecule has 2 unspecified atom stereocenters. The molecule has 0 aliphatic heterocycles. The van der Waals surface area contributed by atoms with E-state index in [1.165, 1.54) is 0 Å². The highest BCUT2D eigenvalue weighted by atomic mass is 16.3. The van der Waals surface area contributed by atoms with E-state index >= 15 is 0 Å². The van der Waals surface area contributed by atoms with Gasteiger partial charge in [-0.15, -0.1) is 0 Å². The molecule has 0 bridgehead atoms. The van der Waals surface area contributed by atoms with E-state index in [1.807, 2.05) is 13.8 Å². The maximum atomic E-state index is 12.4. The first-order valence-electron chi connectivity index (χ1n) is 8.88. The topological polar surface area (TPSA) is 100 Å². The van der Waals surface area contributed by atoms with Crippen molar-refractivity contribution in [2.45, 2.75) is 52.1 Å². The van der Waals surface area contributed by atoms with E-state index in [0.717, 1.165) is 35.9 Å². The van der Waals surface area contributed by atoms with E-state index in [0.29, 0.717) is 24.2 Å². The van der Waals surface area contributed by atoms with Crippen LogP contribution in [-0.2, 0) is 18.3 Å². The second kappa shape index (κ2) is 7.00. The van der Waals surface area contributed by atoms with Gasteiger partial charge in [0.25, 0.3) is 5.56 Å². The minimum Gasteiger partial charge on any atom is -0.393 e. The molecule has 1 aliphatic rings. The van der Waals surface area contributed by atoms with Crippen molar-refractivity contribution in [1.29, 1.82) is 0 Å². The lowest BCUT2D eigenvalue weighted by atomic mass is 10.0. The molecule has 2 atom stereocenters. The Bertz CT molecular complexity index is 852. The third-order valence-electron chi connectivity index (χ3n) is 5.34. The molecule has 2 aromatic heterocycles.